The van der Waals surface area contributed by atoms with Crippen LogP contribution in [0.5, 0.6) is 0 Å². The average Bonchev–Trinajstić information content (AvgIpc) is 2.93. The zero-order valence-corrected chi connectivity index (χ0v) is 12.7. The summed E-state index contributed by atoms with van der Waals surface area (Å²) in [7, 11) is -1.45. The molecule has 0 radical (unpaired) electrons. The summed E-state index contributed by atoms with van der Waals surface area (Å²) in [5.74, 6) is -0.281. The van der Waals surface area contributed by atoms with E-state index in [2.05, 4.69) is 33.9 Å². The normalized spacial score (nSPS) is 25.1. The molecule has 0 amide bonds. The summed E-state index contributed by atoms with van der Waals surface area (Å²) in [5.41, 5.74) is 0.327. The molecule has 98 valence electrons. The molecule has 0 aliphatic carbocycles. The van der Waals surface area contributed by atoms with Crippen molar-refractivity contribution in [1.29, 1.82) is 0 Å². The molecule has 0 aromatic rings. The smallest absolute Gasteiger partial charge is 0.330 e. The van der Waals surface area contributed by atoms with Crippen molar-refractivity contribution in [3.63, 3.8) is 0 Å². The van der Waals surface area contributed by atoms with Crippen molar-refractivity contribution in [3.05, 3.63) is 12.2 Å². The zero-order valence-electron chi connectivity index (χ0n) is 11.7. The molecule has 2 atom stereocenters. The molecular weight excluding hydrogens is 232 g/mol. The van der Waals surface area contributed by atoms with Crippen LogP contribution >= 0.6 is 0 Å². The van der Waals surface area contributed by atoms with E-state index in [4.69, 9.17) is 9.47 Å². The van der Waals surface area contributed by atoms with Gasteiger partial charge in [-0.1, -0.05) is 33.9 Å². The number of epoxide rings is 1. The number of ether oxygens (including phenoxy) is 2. The molecule has 0 aromatic heterocycles. The number of esters is 1. The summed E-state index contributed by atoms with van der Waals surface area (Å²) < 4.78 is 10.5. The van der Waals surface area contributed by atoms with E-state index in [1.165, 1.54) is 6.08 Å². The highest BCUT2D eigenvalue weighted by Crippen LogP contribution is 2.46. The minimum Gasteiger partial charge on any atom is -0.463 e. The topological polar surface area (TPSA) is 38.8 Å². The Morgan fingerprint density at radius 3 is 2.47 bits per heavy atom. The predicted molar refractivity (Wildman–Crippen MR) is 71.6 cm³/mol. The lowest BCUT2D eigenvalue weighted by Gasteiger charge is -2.35. The van der Waals surface area contributed by atoms with Crippen molar-refractivity contribution in [1.82, 2.24) is 0 Å². The lowest BCUT2D eigenvalue weighted by atomic mass is 10.2. The number of rotatable bonds is 4. The summed E-state index contributed by atoms with van der Waals surface area (Å²) in [6.07, 6.45) is 3.44. The second-order valence-electron chi connectivity index (χ2n) is 6.10. The molecule has 1 heterocycles. The standard InChI is InChI=1S/C13H24O3Si/c1-7-15-11(14)9-8-10-12(16-10)17(5,6)13(2,3)4/h8-10,12H,7H2,1-6H3/b9-8-. The van der Waals surface area contributed by atoms with Crippen LogP contribution in [0.1, 0.15) is 27.7 Å². The van der Waals surface area contributed by atoms with Gasteiger partial charge < -0.3 is 9.47 Å². The van der Waals surface area contributed by atoms with E-state index in [1.54, 1.807) is 6.92 Å². The first-order valence-electron chi connectivity index (χ1n) is 6.20. The summed E-state index contributed by atoms with van der Waals surface area (Å²) in [5, 5.41) is 0.310. The molecule has 1 aliphatic rings. The van der Waals surface area contributed by atoms with Crippen LogP contribution in [0.4, 0.5) is 0 Å². The largest absolute Gasteiger partial charge is 0.463 e. The van der Waals surface area contributed by atoms with E-state index >= 15 is 0 Å². The van der Waals surface area contributed by atoms with Gasteiger partial charge in [-0.25, -0.2) is 4.79 Å². The van der Waals surface area contributed by atoms with Gasteiger partial charge in [0.1, 0.15) is 0 Å². The molecule has 1 saturated heterocycles. The van der Waals surface area contributed by atoms with Crippen molar-refractivity contribution >= 4 is 14.0 Å². The minimum absolute atomic E-state index is 0.111. The maximum Gasteiger partial charge on any atom is 0.330 e. The van der Waals surface area contributed by atoms with Gasteiger partial charge in [-0.2, -0.15) is 0 Å². The highest BCUT2D eigenvalue weighted by Gasteiger charge is 2.54. The molecule has 0 aromatic carbocycles. The fourth-order valence-electron chi connectivity index (χ4n) is 1.64. The van der Waals surface area contributed by atoms with Gasteiger partial charge in [0.15, 0.2) is 0 Å². The van der Waals surface area contributed by atoms with E-state index < -0.39 is 8.07 Å². The van der Waals surface area contributed by atoms with Gasteiger partial charge in [0.2, 0.25) is 0 Å². The maximum atomic E-state index is 11.2. The molecule has 2 unspecified atom stereocenters. The number of hydrogen-bond acceptors (Lipinski definition) is 3. The highest BCUT2D eigenvalue weighted by atomic mass is 28.3. The monoisotopic (exact) mass is 256 g/mol. The van der Waals surface area contributed by atoms with Gasteiger partial charge in [-0.3, -0.25) is 0 Å². The molecular formula is C13H24O3Si. The highest BCUT2D eigenvalue weighted by molar-refractivity contribution is 6.82. The van der Waals surface area contributed by atoms with Crippen LogP contribution in [0.2, 0.25) is 18.1 Å². The Bertz CT molecular complexity index is 315. The quantitative estimate of drug-likeness (QED) is 0.336. The van der Waals surface area contributed by atoms with E-state index in [0.29, 0.717) is 17.4 Å². The van der Waals surface area contributed by atoms with Gasteiger partial charge in [0.25, 0.3) is 0 Å². The third-order valence-electron chi connectivity index (χ3n) is 3.88. The van der Waals surface area contributed by atoms with Crippen LogP contribution < -0.4 is 0 Å². The van der Waals surface area contributed by atoms with Crippen LogP contribution in [-0.2, 0) is 14.3 Å². The average molecular weight is 256 g/mol. The fourth-order valence-corrected chi connectivity index (χ4v) is 3.92. The second kappa shape index (κ2) is 4.94. The van der Waals surface area contributed by atoms with Crippen LogP contribution in [0.25, 0.3) is 0 Å². The Balaban J connectivity index is 2.52. The van der Waals surface area contributed by atoms with E-state index in [1.807, 2.05) is 6.08 Å². The predicted octanol–water partition coefficient (Wildman–Crippen LogP) is 2.92. The summed E-state index contributed by atoms with van der Waals surface area (Å²) in [4.78, 5) is 11.2. The van der Waals surface area contributed by atoms with Crippen molar-refractivity contribution in [3.8, 4) is 0 Å². The second-order valence-corrected chi connectivity index (χ2v) is 11.6. The van der Waals surface area contributed by atoms with E-state index in [0.717, 1.165) is 0 Å². The number of hydrogen-bond donors (Lipinski definition) is 0. The molecule has 1 fully saturated rings. The van der Waals surface area contributed by atoms with Gasteiger partial charge in [-0.05, 0) is 18.0 Å². The first kappa shape index (κ1) is 14.4. The van der Waals surface area contributed by atoms with Crippen molar-refractivity contribution in [2.45, 2.75) is 57.7 Å². The molecule has 0 spiro atoms. The molecule has 17 heavy (non-hydrogen) atoms. The lowest BCUT2D eigenvalue weighted by Crippen LogP contribution is -2.44. The van der Waals surface area contributed by atoms with Gasteiger partial charge in [-0.15, -0.1) is 0 Å². The molecule has 1 rings (SSSR count). The third kappa shape index (κ3) is 3.42. The van der Waals surface area contributed by atoms with Crippen LogP contribution in [0.15, 0.2) is 12.2 Å². The zero-order chi connectivity index (χ0) is 13.3. The Labute approximate surface area is 105 Å². The lowest BCUT2D eigenvalue weighted by molar-refractivity contribution is -0.137. The number of carbonyl (C=O) groups is 1. The first-order valence-corrected chi connectivity index (χ1v) is 9.28. The van der Waals surface area contributed by atoms with Crippen LogP contribution in [0.3, 0.4) is 0 Å². The van der Waals surface area contributed by atoms with Gasteiger partial charge in [0.05, 0.1) is 26.5 Å². The molecule has 0 bridgehead atoms. The molecule has 4 heteroatoms. The molecule has 1 aliphatic heterocycles. The molecule has 0 N–H and O–H groups in total. The Morgan fingerprint density at radius 1 is 1.41 bits per heavy atom. The summed E-state index contributed by atoms with van der Waals surface area (Å²) >= 11 is 0. The van der Waals surface area contributed by atoms with Crippen molar-refractivity contribution < 1.29 is 14.3 Å². The Kier molecular flexibility index (Phi) is 4.20. The SMILES string of the molecule is CCOC(=O)/C=C\C1OC1[Si](C)(C)C(C)(C)C. The van der Waals surface area contributed by atoms with Gasteiger partial charge in [0, 0.05) is 6.08 Å². The van der Waals surface area contributed by atoms with Crippen molar-refractivity contribution in [2.24, 2.45) is 0 Å². The van der Waals surface area contributed by atoms with E-state index in [-0.39, 0.29) is 12.1 Å². The Morgan fingerprint density at radius 2 is 2.00 bits per heavy atom. The summed E-state index contributed by atoms with van der Waals surface area (Å²) in [6, 6.07) is 0. The molecule has 0 saturated carbocycles. The summed E-state index contributed by atoms with van der Waals surface area (Å²) in [6.45, 7) is 13.7. The van der Waals surface area contributed by atoms with Gasteiger partial charge >= 0.3 is 5.97 Å². The minimum atomic E-state index is -1.45. The molecule has 3 nitrogen and oxygen atoms in total. The maximum absolute atomic E-state index is 11.2. The first-order chi connectivity index (χ1) is 7.70. The fraction of sp³-hybridized carbons (Fsp3) is 0.769. The third-order valence-corrected chi connectivity index (χ3v) is 9.63. The number of carbonyl (C=O) groups excluding carboxylic acids is 1. The van der Waals surface area contributed by atoms with Crippen molar-refractivity contribution in [2.75, 3.05) is 6.61 Å². The Hall–Kier alpha value is -0.613. The van der Waals surface area contributed by atoms with Crippen LogP contribution in [0, 0.1) is 0 Å². The van der Waals surface area contributed by atoms with E-state index in [9.17, 15) is 4.79 Å². The van der Waals surface area contributed by atoms with Crippen LogP contribution in [-0.4, -0.2) is 32.5 Å².